The quantitative estimate of drug-likeness (QED) is 0.849. The van der Waals surface area contributed by atoms with Gasteiger partial charge in [0.15, 0.2) is 0 Å². The molecule has 0 bridgehead atoms. The summed E-state index contributed by atoms with van der Waals surface area (Å²) in [5.41, 5.74) is 2.43. The molecule has 0 aliphatic heterocycles. The van der Waals surface area contributed by atoms with Crippen molar-refractivity contribution in [2.45, 2.75) is 33.1 Å². The first-order valence-electron chi connectivity index (χ1n) is 6.35. The second kappa shape index (κ2) is 5.17. The molecule has 0 unspecified atom stereocenters. The van der Waals surface area contributed by atoms with Crippen LogP contribution in [0, 0.1) is 0 Å². The molecular weight excluding hydrogens is 208 g/mol. The van der Waals surface area contributed by atoms with Gasteiger partial charge in [-0.05, 0) is 42.2 Å². The lowest BCUT2D eigenvalue weighted by Gasteiger charge is -2.08. The van der Waals surface area contributed by atoms with Crippen molar-refractivity contribution in [3.05, 3.63) is 35.9 Å². The van der Waals surface area contributed by atoms with E-state index in [1.807, 2.05) is 0 Å². The number of benzene rings is 1. The number of pyridine rings is 1. The summed E-state index contributed by atoms with van der Waals surface area (Å²) in [6.07, 6.45) is 1.12. The van der Waals surface area contributed by atoms with E-state index in [1.165, 1.54) is 10.9 Å². The second-order valence-electron chi connectivity index (χ2n) is 4.73. The molecular formula is C15H20N2. The summed E-state index contributed by atoms with van der Waals surface area (Å²) in [6, 6.07) is 10.7. The van der Waals surface area contributed by atoms with Crippen LogP contribution in [0.3, 0.4) is 0 Å². The maximum Gasteiger partial charge on any atom is 0.126 e. The first kappa shape index (κ1) is 11.9. The van der Waals surface area contributed by atoms with E-state index in [9.17, 15) is 0 Å². The van der Waals surface area contributed by atoms with Gasteiger partial charge in [0.2, 0.25) is 0 Å². The lowest BCUT2D eigenvalue weighted by molar-refractivity contribution is 0.868. The van der Waals surface area contributed by atoms with E-state index >= 15 is 0 Å². The van der Waals surface area contributed by atoms with Crippen LogP contribution in [0.5, 0.6) is 0 Å². The Bertz CT molecular complexity index is 503. The third kappa shape index (κ3) is 2.76. The van der Waals surface area contributed by atoms with Crippen molar-refractivity contribution in [3.63, 3.8) is 0 Å². The van der Waals surface area contributed by atoms with E-state index in [4.69, 9.17) is 0 Å². The van der Waals surface area contributed by atoms with Gasteiger partial charge >= 0.3 is 0 Å². The zero-order valence-electron chi connectivity index (χ0n) is 10.8. The SMILES string of the molecule is CCCNc1ccc2cc(C(C)C)ccc2n1. The zero-order valence-corrected chi connectivity index (χ0v) is 10.8. The molecule has 0 saturated heterocycles. The van der Waals surface area contributed by atoms with E-state index in [0.29, 0.717) is 5.92 Å². The molecule has 2 rings (SSSR count). The molecule has 1 N–H and O–H groups in total. The monoisotopic (exact) mass is 228 g/mol. The van der Waals surface area contributed by atoms with E-state index in [1.54, 1.807) is 0 Å². The minimum atomic E-state index is 0.567. The minimum Gasteiger partial charge on any atom is -0.370 e. The number of aromatic nitrogens is 1. The standard InChI is InChI=1S/C15H20N2/c1-4-9-16-15-8-6-13-10-12(11(2)3)5-7-14(13)17-15/h5-8,10-11H,4,9H2,1-3H3,(H,16,17). The number of hydrogen-bond acceptors (Lipinski definition) is 2. The highest BCUT2D eigenvalue weighted by Crippen LogP contribution is 2.21. The fourth-order valence-electron chi connectivity index (χ4n) is 1.85. The normalized spacial score (nSPS) is 11.1. The molecule has 0 saturated carbocycles. The van der Waals surface area contributed by atoms with Crippen LogP contribution in [0.1, 0.15) is 38.7 Å². The van der Waals surface area contributed by atoms with Crippen molar-refractivity contribution in [2.24, 2.45) is 0 Å². The Balaban J connectivity index is 2.33. The molecule has 90 valence electrons. The Morgan fingerprint density at radius 2 is 2.00 bits per heavy atom. The predicted molar refractivity (Wildman–Crippen MR) is 74.6 cm³/mol. The van der Waals surface area contributed by atoms with E-state index in [2.05, 4.69) is 61.4 Å². The van der Waals surface area contributed by atoms with Crippen LogP contribution >= 0.6 is 0 Å². The summed E-state index contributed by atoms with van der Waals surface area (Å²) in [7, 11) is 0. The van der Waals surface area contributed by atoms with Gasteiger partial charge in [0.05, 0.1) is 5.52 Å². The smallest absolute Gasteiger partial charge is 0.126 e. The van der Waals surface area contributed by atoms with Gasteiger partial charge in [-0.15, -0.1) is 0 Å². The molecule has 0 spiro atoms. The van der Waals surface area contributed by atoms with Gasteiger partial charge in [-0.2, -0.15) is 0 Å². The molecule has 0 radical (unpaired) electrons. The average molecular weight is 228 g/mol. The maximum atomic E-state index is 4.60. The first-order chi connectivity index (χ1) is 8.20. The summed E-state index contributed by atoms with van der Waals surface area (Å²) >= 11 is 0. The van der Waals surface area contributed by atoms with Gasteiger partial charge in [-0.25, -0.2) is 4.98 Å². The molecule has 1 aromatic carbocycles. The average Bonchev–Trinajstić information content (AvgIpc) is 2.35. The topological polar surface area (TPSA) is 24.9 Å². The molecule has 1 aromatic heterocycles. The lowest BCUT2D eigenvalue weighted by atomic mass is 10.0. The van der Waals surface area contributed by atoms with Crippen LogP contribution in [0.4, 0.5) is 5.82 Å². The minimum absolute atomic E-state index is 0.567. The van der Waals surface area contributed by atoms with Crippen molar-refractivity contribution < 1.29 is 0 Å². The molecule has 0 fully saturated rings. The second-order valence-corrected chi connectivity index (χ2v) is 4.73. The molecule has 2 nitrogen and oxygen atoms in total. The van der Waals surface area contributed by atoms with Crippen LogP contribution in [-0.2, 0) is 0 Å². The first-order valence-corrected chi connectivity index (χ1v) is 6.35. The summed E-state index contributed by atoms with van der Waals surface area (Å²) in [5.74, 6) is 1.54. The predicted octanol–water partition coefficient (Wildman–Crippen LogP) is 4.18. The van der Waals surface area contributed by atoms with Gasteiger partial charge in [0, 0.05) is 11.9 Å². The Morgan fingerprint density at radius 3 is 2.71 bits per heavy atom. The van der Waals surface area contributed by atoms with Gasteiger partial charge in [-0.1, -0.05) is 26.8 Å². The number of nitrogens with one attached hydrogen (secondary N) is 1. The third-order valence-electron chi connectivity index (χ3n) is 2.94. The zero-order chi connectivity index (χ0) is 12.3. The summed E-state index contributed by atoms with van der Waals surface area (Å²) in [6.45, 7) is 7.56. The number of fused-ring (bicyclic) bond motifs is 1. The lowest BCUT2D eigenvalue weighted by Crippen LogP contribution is -2.01. The van der Waals surface area contributed by atoms with Crippen molar-refractivity contribution in [2.75, 3.05) is 11.9 Å². The van der Waals surface area contributed by atoms with Gasteiger partial charge < -0.3 is 5.32 Å². The van der Waals surface area contributed by atoms with Gasteiger partial charge in [0.1, 0.15) is 5.82 Å². The highest BCUT2D eigenvalue weighted by Gasteiger charge is 2.02. The van der Waals surface area contributed by atoms with Crippen LogP contribution in [-0.4, -0.2) is 11.5 Å². The molecule has 0 aliphatic carbocycles. The van der Waals surface area contributed by atoms with E-state index in [0.717, 1.165) is 24.3 Å². The van der Waals surface area contributed by atoms with E-state index < -0.39 is 0 Å². The number of rotatable bonds is 4. The highest BCUT2D eigenvalue weighted by atomic mass is 15.0. The van der Waals surface area contributed by atoms with Crippen LogP contribution in [0.2, 0.25) is 0 Å². The Morgan fingerprint density at radius 1 is 1.18 bits per heavy atom. The molecule has 0 aliphatic rings. The molecule has 1 heterocycles. The molecule has 0 atom stereocenters. The largest absolute Gasteiger partial charge is 0.370 e. The van der Waals surface area contributed by atoms with Crippen LogP contribution in [0.15, 0.2) is 30.3 Å². The Hall–Kier alpha value is -1.57. The fourth-order valence-corrected chi connectivity index (χ4v) is 1.85. The summed E-state index contributed by atoms with van der Waals surface area (Å²) < 4.78 is 0. The Labute approximate surface area is 103 Å². The number of anilines is 1. The number of hydrogen-bond donors (Lipinski definition) is 1. The van der Waals surface area contributed by atoms with Gasteiger partial charge in [-0.3, -0.25) is 0 Å². The van der Waals surface area contributed by atoms with Crippen LogP contribution < -0.4 is 5.32 Å². The maximum absolute atomic E-state index is 4.60. The molecule has 17 heavy (non-hydrogen) atoms. The van der Waals surface area contributed by atoms with Gasteiger partial charge in [0.25, 0.3) is 0 Å². The molecule has 2 aromatic rings. The van der Waals surface area contributed by atoms with Crippen LogP contribution in [0.25, 0.3) is 10.9 Å². The van der Waals surface area contributed by atoms with Crippen molar-refractivity contribution in [1.29, 1.82) is 0 Å². The third-order valence-corrected chi connectivity index (χ3v) is 2.94. The molecule has 0 amide bonds. The van der Waals surface area contributed by atoms with Crippen molar-refractivity contribution in [3.8, 4) is 0 Å². The summed E-state index contributed by atoms with van der Waals surface area (Å²) in [5, 5.41) is 4.53. The van der Waals surface area contributed by atoms with Crippen molar-refractivity contribution in [1.82, 2.24) is 4.98 Å². The molecule has 2 heteroatoms. The summed E-state index contributed by atoms with van der Waals surface area (Å²) in [4.78, 5) is 4.60. The fraction of sp³-hybridized carbons (Fsp3) is 0.400. The Kier molecular flexibility index (Phi) is 3.62. The highest BCUT2D eigenvalue weighted by molar-refractivity contribution is 5.81. The van der Waals surface area contributed by atoms with Crippen molar-refractivity contribution >= 4 is 16.7 Å². The van der Waals surface area contributed by atoms with E-state index in [-0.39, 0.29) is 0 Å². The number of nitrogens with zero attached hydrogens (tertiary/aromatic N) is 1.